The van der Waals surface area contributed by atoms with E-state index in [0.29, 0.717) is 24.0 Å². The van der Waals surface area contributed by atoms with E-state index in [1.54, 1.807) is 13.8 Å². The van der Waals surface area contributed by atoms with Gasteiger partial charge in [0, 0.05) is 17.6 Å². The number of hydrogen-bond acceptors (Lipinski definition) is 3. The fraction of sp³-hybridized carbons (Fsp3) is 0.647. The summed E-state index contributed by atoms with van der Waals surface area (Å²) in [7, 11) is 0. The summed E-state index contributed by atoms with van der Waals surface area (Å²) in [6.45, 7) is 17.3. The first-order chi connectivity index (χ1) is 9.03. The third kappa shape index (κ3) is 9.13. The van der Waals surface area contributed by atoms with Crippen molar-refractivity contribution >= 4 is 23.3 Å². The molecule has 1 atom stereocenters. The van der Waals surface area contributed by atoms with Crippen LogP contribution in [-0.4, -0.2) is 22.1 Å². The second-order valence-electron chi connectivity index (χ2n) is 6.44. The molecule has 0 bridgehead atoms. The normalized spacial score (nSPS) is 12.8. The van der Waals surface area contributed by atoms with E-state index in [0.717, 1.165) is 12.2 Å². The van der Waals surface area contributed by atoms with Crippen molar-refractivity contribution in [3.8, 4) is 0 Å². The van der Waals surface area contributed by atoms with E-state index in [2.05, 4.69) is 33.9 Å². The third-order valence-corrected chi connectivity index (χ3v) is 4.46. The fourth-order valence-corrected chi connectivity index (χ4v) is 2.62. The highest BCUT2D eigenvalue weighted by Crippen LogP contribution is 2.29. The van der Waals surface area contributed by atoms with Gasteiger partial charge in [0.25, 0.3) is 0 Å². The topological polar surface area (TPSA) is 34.1 Å². The Kier molecular flexibility index (Phi) is 8.10. The SMILES string of the molecule is C=C(C)C(=O)CCC(CSC(C)(C)C)CC(=O)C(=C)C. The minimum atomic E-state index is 0.0959. The molecule has 0 rings (SSSR count). The summed E-state index contributed by atoms with van der Waals surface area (Å²) in [6, 6.07) is 0. The van der Waals surface area contributed by atoms with Crippen molar-refractivity contribution in [3.05, 3.63) is 24.3 Å². The summed E-state index contributed by atoms with van der Waals surface area (Å²) in [5, 5.41) is 0. The highest BCUT2D eigenvalue weighted by Gasteiger charge is 2.19. The van der Waals surface area contributed by atoms with Crippen LogP contribution in [0.4, 0.5) is 0 Å². The van der Waals surface area contributed by atoms with Gasteiger partial charge in [-0.2, -0.15) is 11.8 Å². The van der Waals surface area contributed by atoms with Crippen molar-refractivity contribution in [2.75, 3.05) is 5.75 Å². The Balaban J connectivity index is 4.54. The molecule has 0 saturated heterocycles. The van der Waals surface area contributed by atoms with Gasteiger partial charge in [-0.25, -0.2) is 0 Å². The lowest BCUT2D eigenvalue weighted by Crippen LogP contribution is -2.17. The van der Waals surface area contributed by atoms with Crippen LogP contribution in [0.15, 0.2) is 24.3 Å². The number of ketones is 2. The molecule has 0 aliphatic heterocycles. The maximum Gasteiger partial charge on any atom is 0.158 e. The van der Waals surface area contributed by atoms with Gasteiger partial charge >= 0.3 is 0 Å². The van der Waals surface area contributed by atoms with Crippen molar-refractivity contribution in [1.29, 1.82) is 0 Å². The zero-order valence-electron chi connectivity index (χ0n) is 13.5. The van der Waals surface area contributed by atoms with Gasteiger partial charge in [-0.1, -0.05) is 33.9 Å². The largest absolute Gasteiger partial charge is 0.295 e. The van der Waals surface area contributed by atoms with Gasteiger partial charge in [0.1, 0.15) is 0 Å². The number of thioether (sulfide) groups is 1. The Morgan fingerprint density at radius 2 is 1.55 bits per heavy atom. The first kappa shape index (κ1) is 19.2. The Morgan fingerprint density at radius 3 is 1.95 bits per heavy atom. The smallest absolute Gasteiger partial charge is 0.158 e. The summed E-state index contributed by atoms with van der Waals surface area (Å²) in [4.78, 5) is 23.5. The van der Waals surface area contributed by atoms with Gasteiger partial charge in [-0.3, -0.25) is 9.59 Å². The third-order valence-electron chi connectivity index (χ3n) is 2.96. The van der Waals surface area contributed by atoms with Crippen molar-refractivity contribution in [2.45, 2.75) is 58.6 Å². The lowest BCUT2D eigenvalue weighted by atomic mass is 9.94. The summed E-state index contributed by atoms with van der Waals surface area (Å²) >= 11 is 1.84. The second-order valence-corrected chi connectivity index (χ2v) is 8.29. The van der Waals surface area contributed by atoms with Crippen LogP contribution in [0.3, 0.4) is 0 Å². The number of Topliss-reactive ketones (excluding diaryl/α,β-unsaturated/α-hetero) is 2. The molecule has 0 aliphatic rings. The summed E-state index contributed by atoms with van der Waals surface area (Å²) in [5.74, 6) is 1.32. The Morgan fingerprint density at radius 1 is 1.05 bits per heavy atom. The number of carbonyl (C=O) groups excluding carboxylic acids is 2. The lowest BCUT2D eigenvalue weighted by molar-refractivity contribution is -0.118. The molecular weight excluding hydrogens is 268 g/mol. The Labute approximate surface area is 128 Å². The first-order valence-corrected chi connectivity index (χ1v) is 8.03. The van der Waals surface area contributed by atoms with Gasteiger partial charge in [0.15, 0.2) is 11.6 Å². The fourth-order valence-electron chi connectivity index (χ4n) is 1.60. The zero-order chi connectivity index (χ0) is 15.9. The number of rotatable bonds is 9. The van der Waals surface area contributed by atoms with Crippen LogP contribution in [0.2, 0.25) is 0 Å². The van der Waals surface area contributed by atoms with Crippen LogP contribution in [0.1, 0.15) is 53.9 Å². The number of carbonyl (C=O) groups is 2. The van der Waals surface area contributed by atoms with Crippen LogP contribution < -0.4 is 0 Å². The minimum absolute atomic E-state index is 0.0959. The molecule has 0 N–H and O–H groups in total. The highest BCUT2D eigenvalue weighted by molar-refractivity contribution is 8.00. The molecule has 0 heterocycles. The minimum Gasteiger partial charge on any atom is -0.295 e. The average molecular weight is 296 g/mol. The molecule has 114 valence electrons. The number of hydrogen-bond donors (Lipinski definition) is 0. The molecule has 0 aromatic rings. The van der Waals surface area contributed by atoms with Crippen LogP contribution in [0, 0.1) is 5.92 Å². The standard InChI is InChI=1S/C17H28O2S/c1-12(2)15(18)9-8-14(10-16(19)13(3)4)11-20-17(5,6)7/h14H,1,3,8-11H2,2,4-7H3. The molecule has 0 radical (unpaired) electrons. The Bertz CT molecular complexity index is 388. The van der Waals surface area contributed by atoms with Crippen LogP contribution in [0.25, 0.3) is 0 Å². The average Bonchev–Trinajstić information content (AvgIpc) is 2.30. The maximum absolute atomic E-state index is 11.8. The molecular formula is C17H28O2S. The predicted molar refractivity (Wildman–Crippen MR) is 89.2 cm³/mol. The van der Waals surface area contributed by atoms with Gasteiger partial charge in [-0.05, 0) is 43.1 Å². The molecule has 0 fully saturated rings. The van der Waals surface area contributed by atoms with E-state index in [9.17, 15) is 9.59 Å². The van der Waals surface area contributed by atoms with E-state index in [4.69, 9.17) is 0 Å². The summed E-state index contributed by atoms with van der Waals surface area (Å²) in [6.07, 6.45) is 1.71. The van der Waals surface area contributed by atoms with Gasteiger partial charge in [0.05, 0.1) is 0 Å². The maximum atomic E-state index is 11.8. The van der Waals surface area contributed by atoms with E-state index in [1.165, 1.54) is 0 Å². The van der Waals surface area contributed by atoms with Gasteiger partial charge < -0.3 is 0 Å². The summed E-state index contributed by atoms with van der Waals surface area (Å²) in [5.41, 5.74) is 1.19. The van der Waals surface area contributed by atoms with Crippen LogP contribution in [0.5, 0.6) is 0 Å². The molecule has 0 aliphatic carbocycles. The van der Waals surface area contributed by atoms with Crippen molar-refractivity contribution in [3.63, 3.8) is 0 Å². The molecule has 0 spiro atoms. The zero-order valence-corrected chi connectivity index (χ0v) is 14.4. The monoisotopic (exact) mass is 296 g/mol. The molecule has 20 heavy (non-hydrogen) atoms. The van der Waals surface area contributed by atoms with Crippen LogP contribution >= 0.6 is 11.8 Å². The highest BCUT2D eigenvalue weighted by atomic mass is 32.2. The Hall–Kier alpha value is -0.830. The van der Waals surface area contributed by atoms with E-state index < -0.39 is 0 Å². The first-order valence-electron chi connectivity index (χ1n) is 7.04. The molecule has 0 aromatic carbocycles. The van der Waals surface area contributed by atoms with Gasteiger partial charge in [-0.15, -0.1) is 0 Å². The van der Waals surface area contributed by atoms with Gasteiger partial charge in [0.2, 0.25) is 0 Å². The van der Waals surface area contributed by atoms with E-state index in [-0.39, 0.29) is 22.2 Å². The predicted octanol–water partition coefficient (Wildman–Crippen LogP) is 4.60. The van der Waals surface area contributed by atoms with Crippen molar-refractivity contribution < 1.29 is 9.59 Å². The molecule has 0 aromatic heterocycles. The van der Waals surface area contributed by atoms with E-state index >= 15 is 0 Å². The van der Waals surface area contributed by atoms with Crippen molar-refractivity contribution in [1.82, 2.24) is 0 Å². The molecule has 3 heteroatoms. The number of allylic oxidation sites excluding steroid dienone is 2. The molecule has 0 amide bonds. The second kappa shape index (κ2) is 8.46. The quantitative estimate of drug-likeness (QED) is 0.583. The van der Waals surface area contributed by atoms with Crippen LogP contribution in [-0.2, 0) is 9.59 Å². The molecule has 2 nitrogen and oxygen atoms in total. The molecule has 0 saturated carbocycles. The van der Waals surface area contributed by atoms with E-state index in [1.807, 2.05) is 11.8 Å². The summed E-state index contributed by atoms with van der Waals surface area (Å²) < 4.78 is 0.170. The molecule has 1 unspecified atom stereocenters. The lowest BCUT2D eigenvalue weighted by Gasteiger charge is -2.22. The van der Waals surface area contributed by atoms with Crippen molar-refractivity contribution in [2.24, 2.45) is 5.92 Å².